The van der Waals surface area contributed by atoms with Crippen LogP contribution in [0.5, 0.6) is 0 Å². The van der Waals surface area contributed by atoms with Gasteiger partial charge in [0.15, 0.2) is 9.84 Å². The van der Waals surface area contributed by atoms with Crippen molar-refractivity contribution in [2.75, 3.05) is 24.2 Å². The van der Waals surface area contributed by atoms with E-state index < -0.39 is 9.84 Å². The molecule has 10 heteroatoms. The minimum absolute atomic E-state index is 0.106. The fraction of sp³-hybridized carbons (Fsp3) is 0.345. The molecule has 0 unspecified atom stereocenters. The Morgan fingerprint density at radius 1 is 1.05 bits per heavy atom. The highest BCUT2D eigenvalue weighted by atomic mass is 32.2. The second kappa shape index (κ2) is 11.3. The van der Waals surface area contributed by atoms with Gasteiger partial charge in [0.05, 0.1) is 30.2 Å². The number of thiophene rings is 1. The molecule has 5 rings (SSSR count). The summed E-state index contributed by atoms with van der Waals surface area (Å²) in [5, 5.41) is 2.83. The lowest BCUT2D eigenvalue weighted by Crippen LogP contribution is -2.35. The lowest BCUT2D eigenvalue weighted by Gasteiger charge is -2.27. The smallest absolute Gasteiger partial charge is 0.348 e. The molecule has 0 bridgehead atoms. The molecule has 3 aromatic rings. The molecule has 1 saturated carbocycles. The van der Waals surface area contributed by atoms with Crippen LogP contribution in [0, 0.1) is 5.92 Å². The fourth-order valence-electron chi connectivity index (χ4n) is 4.57. The fourth-order valence-corrected chi connectivity index (χ4v) is 7.39. The van der Waals surface area contributed by atoms with E-state index in [9.17, 15) is 22.8 Å². The predicted molar refractivity (Wildman–Crippen MR) is 149 cm³/mol. The van der Waals surface area contributed by atoms with Crippen LogP contribution in [0.15, 0.2) is 59.5 Å². The van der Waals surface area contributed by atoms with Crippen molar-refractivity contribution in [3.05, 3.63) is 81.0 Å². The zero-order chi connectivity index (χ0) is 27.6. The monoisotopic (exact) mass is 566 g/mol. The van der Waals surface area contributed by atoms with Gasteiger partial charge in [-0.05, 0) is 85.7 Å². The zero-order valence-electron chi connectivity index (χ0n) is 21.6. The van der Waals surface area contributed by atoms with Crippen molar-refractivity contribution >= 4 is 44.6 Å². The molecule has 2 aromatic carbocycles. The quantitative estimate of drug-likeness (QED) is 0.382. The predicted octanol–water partition coefficient (Wildman–Crippen LogP) is 4.49. The third kappa shape index (κ3) is 6.57. The first-order chi connectivity index (χ1) is 18.7. The Balaban J connectivity index is 1.15. The number of hydrogen-bond acceptors (Lipinski definition) is 7. The Morgan fingerprint density at radius 2 is 1.77 bits per heavy atom. The maximum absolute atomic E-state index is 13.1. The minimum atomic E-state index is -3.28. The maximum Gasteiger partial charge on any atom is 0.348 e. The van der Waals surface area contributed by atoms with Crippen LogP contribution in [0.4, 0.5) is 5.69 Å². The molecule has 204 valence electrons. The topological polar surface area (TPSA) is 110 Å². The second-order valence-corrected chi connectivity index (χ2v) is 13.1. The van der Waals surface area contributed by atoms with Gasteiger partial charge in [-0.1, -0.05) is 12.1 Å². The van der Waals surface area contributed by atoms with E-state index in [-0.39, 0.29) is 35.9 Å². The van der Waals surface area contributed by atoms with Gasteiger partial charge < -0.3 is 15.0 Å². The zero-order valence-corrected chi connectivity index (χ0v) is 23.3. The van der Waals surface area contributed by atoms with Crippen LogP contribution in [-0.2, 0) is 38.8 Å². The van der Waals surface area contributed by atoms with Crippen LogP contribution in [0.2, 0.25) is 0 Å². The number of nitrogens with zero attached hydrogens (tertiary/aromatic N) is 1. The number of amides is 2. The number of anilines is 1. The van der Waals surface area contributed by atoms with E-state index in [4.69, 9.17) is 4.74 Å². The van der Waals surface area contributed by atoms with Crippen LogP contribution in [-0.4, -0.2) is 50.0 Å². The molecule has 0 radical (unpaired) electrons. The molecular formula is C29H30N2O6S2. The van der Waals surface area contributed by atoms with Gasteiger partial charge in [-0.3, -0.25) is 9.59 Å². The highest BCUT2D eigenvalue weighted by molar-refractivity contribution is 7.91. The number of nitrogens with one attached hydrogen (secondary N) is 1. The van der Waals surface area contributed by atoms with Crippen molar-refractivity contribution < 1.29 is 27.5 Å². The lowest BCUT2D eigenvalue weighted by molar-refractivity contribution is -0.115. The van der Waals surface area contributed by atoms with Crippen molar-refractivity contribution in [1.82, 2.24) is 4.90 Å². The molecule has 0 atom stereocenters. The normalized spacial score (nSPS) is 14.9. The number of rotatable bonds is 9. The van der Waals surface area contributed by atoms with Gasteiger partial charge in [0.2, 0.25) is 5.91 Å². The lowest BCUT2D eigenvalue weighted by atomic mass is 10.1. The largest absolute Gasteiger partial charge is 0.462 e. The summed E-state index contributed by atoms with van der Waals surface area (Å²) in [5.74, 6) is -0.208. The van der Waals surface area contributed by atoms with Gasteiger partial charge in [0, 0.05) is 22.7 Å². The minimum Gasteiger partial charge on any atom is -0.462 e. The van der Waals surface area contributed by atoms with Crippen molar-refractivity contribution in [3.63, 3.8) is 0 Å². The summed E-state index contributed by atoms with van der Waals surface area (Å²) in [6, 6.07) is 15.1. The Kier molecular flexibility index (Phi) is 7.86. The summed E-state index contributed by atoms with van der Waals surface area (Å²) < 4.78 is 29.9. The van der Waals surface area contributed by atoms with Crippen LogP contribution in [0.1, 0.15) is 55.8 Å². The molecule has 2 heterocycles. The summed E-state index contributed by atoms with van der Waals surface area (Å²) in [4.78, 5) is 41.3. The number of carbonyl (C=O) groups excluding carboxylic acids is 3. The molecule has 39 heavy (non-hydrogen) atoms. The van der Waals surface area contributed by atoms with Crippen LogP contribution in [0.25, 0.3) is 0 Å². The number of ether oxygens (including phenoxy) is 1. The van der Waals surface area contributed by atoms with E-state index in [0.717, 1.165) is 23.3 Å². The Morgan fingerprint density at radius 3 is 2.44 bits per heavy atom. The van der Waals surface area contributed by atoms with E-state index in [1.165, 1.54) is 11.3 Å². The first-order valence-electron chi connectivity index (χ1n) is 13.0. The van der Waals surface area contributed by atoms with E-state index in [2.05, 4.69) is 5.32 Å². The van der Waals surface area contributed by atoms with Crippen LogP contribution in [0.3, 0.4) is 0 Å². The van der Waals surface area contributed by atoms with E-state index in [1.807, 2.05) is 6.07 Å². The molecule has 0 spiro atoms. The number of hydrogen-bond donors (Lipinski definition) is 1. The van der Waals surface area contributed by atoms with Crippen molar-refractivity contribution in [2.24, 2.45) is 5.92 Å². The molecule has 1 N–H and O–H groups in total. The van der Waals surface area contributed by atoms with E-state index in [0.29, 0.717) is 52.7 Å². The summed E-state index contributed by atoms with van der Waals surface area (Å²) in [7, 11) is -3.28. The number of benzene rings is 2. The molecule has 8 nitrogen and oxygen atoms in total. The third-order valence-corrected chi connectivity index (χ3v) is 9.90. The molecule has 1 aliphatic carbocycles. The molecule has 1 aliphatic heterocycles. The first-order valence-corrected chi connectivity index (χ1v) is 15.5. The highest BCUT2D eigenvalue weighted by Crippen LogP contribution is 2.32. The Hall–Kier alpha value is -3.50. The first kappa shape index (κ1) is 27.1. The molecule has 2 aliphatic rings. The average Bonchev–Trinajstić information content (AvgIpc) is 3.61. The summed E-state index contributed by atoms with van der Waals surface area (Å²) >= 11 is 1.37. The van der Waals surface area contributed by atoms with Gasteiger partial charge in [-0.25, -0.2) is 13.2 Å². The van der Waals surface area contributed by atoms with Crippen molar-refractivity contribution in [2.45, 2.75) is 44.0 Å². The molecule has 1 aromatic heterocycles. The van der Waals surface area contributed by atoms with Crippen molar-refractivity contribution in [3.8, 4) is 0 Å². The molecule has 0 saturated heterocycles. The SMILES string of the molecule is CCOC(=O)c1cc2c(s1)CN(C(=O)c1ccc(NC(=O)Cc3ccc(S(=O)(=O)CC4CC4)cc3)cc1)CC2. The van der Waals surface area contributed by atoms with Gasteiger partial charge in [0.1, 0.15) is 4.88 Å². The number of esters is 1. The number of fused-ring (bicyclic) bond motifs is 1. The standard InChI is InChI=1S/C29H30N2O6S2/c1-2-37-29(34)25-16-22-13-14-31(17-26(22)38-25)28(33)21-7-9-23(10-8-21)30-27(32)15-19-5-11-24(12-6-19)39(35,36)18-20-3-4-20/h5-12,16,20H,2-4,13-15,17-18H2,1H3,(H,30,32). The van der Waals surface area contributed by atoms with Crippen molar-refractivity contribution in [1.29, 1.82) is 0 Å². The number of sulfone groups is 1. The van der Waals surface area contributed by atoms with E-state index in [1.54, 1.807) is 60.4 Å². The Labute approximate surface area is 231 Å². The maximum atomic E-state index is 13.1. The summed E-state index contributed by atoms with van der Waals surface area (Å²) in [6.45, 7) is 3.09. The second-order valence-electron chi connectivity index (χ2n) is 9.93. The van der Waals surface area contributed by atoms with Gasteiger partial charge >= 0.3 is 5.97 Å². The molecular weight excluding hydrogens is 536 g/mol. The van der Waals surface area contributed by atoms with E-state index >= 15 is 0 Å². The van der Waals surface area contributed by atoms with Gasteiger partial charge in [-0.2, -0.15) is 0 Å². The molecule has 1 fully saturated rings. The van der Waals surface area contributed by atoms with Gasteiger partial charge in [-0.15, -0.1) is 11.3 Å². The molecule has 2 amide bonds. The van der Waals surface area contributed by atoms with Crippen LogP contribution < -0.4 is 5.32 Å². The third-order valence-electron chi connectivity index (χ3n) is 6.86. The van der Waals surface area contributed by atoms with Crippen LogP contribution >= 0.6 is 11.3 Å². The number of carbonyl (C=O) groups is 3. The average molecular weight is 567 g/mol. The highest BCUT2D eigenvalue weighted by Gasteiger charge is 2.29. The Bertz CT molecular complexity index is 1490. The summed E-state index contributed by atoms with van der Waals surface area (Å²) in [5.41, 5.74) is 2.88. The summed E-state index contributed by atoms with van der Waals surface area (Å²) in [6.07, 6.45) is 2.73. The van der Waals surface area contributed by atoms with Gasteiger partial charge in [0.25, 0.3) is 5.91 Å².